The molecule has 5 nitrogen and oxygen atoms in total. The summed E-state index contributed by atoms with van der Waals surface area (Å²) >= 11 is 0. The van der Waals surface area contributed by atoms with Crippen LogP contribution >= 0.6 is 0 Å². The number of pyridine rings is 1. The number of nitro groups is 1. The third kappa shape index (κ3) is 2.70. The van der Waals surface area contributed by atoms with E-state index in [0.29, 0.717) is 5.69 Å². The average molecular weight is 181 g/mol. The predicted molar refractivity (Wildman–Crippen MR) is 49.7 cm³/mol. The summed E-state index contributed by atoms with van der Waals surface area (Å²) < 4.78 is 0. The molecular weight excluding hydrogens is 170 g/mol. The van der Waals surface area contributed by atoms with Crippen molar-refractivity contribution in [2.75, 3.05) is 5.32 Å². The van der Waals surface area contributed by atoms with Crippen molar-refractivity contribution in [3.8, 4) is 0 Å². The molecule has 0 unspecified atom stereocenters. The van der Waals surface area contributed by atoms with Crippen LogP contribution < -0.4 is 5.32 Å². The SMILES string of the molecule is CC(C)Nc1cncc([N+](=O)[O-])c1. The molecule has 70 valence electrons. The topological polar surface area (TPSA) is 68.1 Å². The van der Waals surface area contributed by atoms with E-state index in [9.17, 15) is 10.1 Å². The fraction of sp³-hybridized carbons (Fsp3) is 0.375. The molecule has 1 aromatic rings. The zero-order valence-electron chi connectivity index (χ0n) is 7.52. The fourth-order valence-electron chi connectivity index (χ4n) is 0.940. The van der Waals surface area contributed by atoms with Crippen molar-refractivity contribution in [3.63, 3.8) is 0 Å². The van der Waals surface area contributed by atoms with Crippen LogP contribution in [0.1, 0.15) is 13.8 Å². The van der Waals surface area contributed by atoms with Gasteiger partial charge >= 0.3 is 0 Å². The third-order valence-corrected chi connectivity index (χ3v) is 1.39. The molecule has 0 fully saturated rings. The smallest absolute Gasteiger partial charge is 0.289 e. The molecule has 0 amide bonds. The van der Waals surface area contributed by atoms with Crippen molar-refractivity contribution in [1.29, 1.82) is 0 Å². The second-order valence-electron chi connectivity index (χ2n) is 2.99. The molecule has 1 heterocycles. The summed E-state index contributed by atoms with van der Waals surface area (Å²) in [5.74, 6) is 0. The highest BCUT2D eigenvalue weighted by Crippen LogP contribution is 2.15. The van der Waals surface area contributed by atoms with Gasteiger partial charge in [-0.25, -0.2) is 0 Å². The number of rotatable bonds is 3. The van der Waals surface area contributed by atoms with Gasteiger partial charge in [0.2, 0.25) is 0 Å². The molecule has 5 heteroatoms. The van der Waals surface area contributed by atoms with Gasteiger partial charge < -0.3 is 5.32 Å². The molecule has 0 bridgehead atoms. The quantitative estimate of drug-likeness (QED) is 0.570. The van der Waals surface area contributed by atoms with Gasteiger partial charge in [-0.05, 0) is 13.8 Å². The summed E-state index contributed by atoms with van der Waals surface area (Å²) in [4.78, 5) is 13.7. The summed E-state index contributed by atoms with van der Waals surface area (Å²) in [7, 11) is 0. The number of nitrogens with zero attached hydrogens (tertiary/aromatic N) is 2. The van der Waals surface area contributed by atoms with Gasteiger partial charge in [-0.1, -0.05) is 0 Å². The summed E-state index contributed by atoms with van der Waals surface area (Å²) in [5, 5.41) is 13.4. The third-order valence-electron chi connectivity index (χ3n) is 1.39. The van der Waals surface area contributed by atoms with Crippen molar-refractivity contribution in [2.24, 2.45) is 0 Å². The highest BCUT2D eigenvalue weighted by molar-refractivity contribution is 5.48. The van der Waals surface area contributed by atoms with Crippen LogP contribution in [0.4, 0.5) is 11.4 Å². The zero-order valence-corrected chi connectivity index (χ0v) is 7.52. The van der Waals surface area contributed by atoms with E-state index in [-0.39, 0.29) is 11.7 Å². The Kier molecular flexibility index (Phi) is 2.79. The number of aromatic nitrogens is 1. The van der Waals surface area contributed by atoms with E-state index in [2.05, 4.69) is 10.3 Å². The predicted octanol–water partition coefficient (Wildman–Crippen LogP) is 1.81. The zero-order chi connectivity index (χ0) is 9.84. The van der Waals surface area contributed by atoms with Crippen LogP contribution in [0.2, 0.25) is 0 Å². The lowest BCUT2D eigenvalue weighted by Crippen LogP contribution is -2.09. The molecule has 1 aromatic heterocycles. The fourth-order valence-corrected chi connectivity index (χ4v) is 0.940. The first-order chi connectivity index (χ1) is 6.09. The molecule has 0 aliphatic carbocycles. The average Bonchev–Trinajstić information content (AvgIpc) is 2.03. The van der Waals surface area contributed by atoms with Gasteiger partial charge in [0.25, 0.3) is 5.69 Å². The van der Waals surface area contributed by atoms with Gasteiger partial charge in [-0.15, -0.1) is 0 Å². The maximum absolute atomic E-state index is 10.4. The number of hydrogen-bond donors (Lipinski definition) is 1. The molecule has 0 atom stereocenters. The molecule has 1 N–H and O–H groups in total. The first kappa shape index (κ1) is 9.44. The largest absolute Gasteiger partial charge is 0.381 e. The van der Waals surface area contributed by atoms with E-state index >= 15 is 0 Å². The number of nitrogens with one attached hydrogen (secondary N) is 1. The molecular formula is C8H11N3O2. The molecule has 13 heavy (non-hydrogen) atoms. The normalized spacial score (nSPS) is 10.1. The van der Waals surface area contributed by atoms with E-state index < -0.39 is 4.92 Å². The highest BCUT2D eigenvalue weighted by Gasteiger charge is 2.06. The minimum atomic E-state index is -0.460. The summed E-state index contributed by atoms with van der Waals surface area (Å²) in [5.41, 5.74) is 0.676. The lowest BCUT2D eigenvalue weighted by Gasteiger charge is -2.08. The van der Waals surface area contributed by atoms with E-state index in [0.717, 1.165) is 0 Å². The van der Waals surface area contributed by atoms with Crippen LogP contribution in [0.5, 0.6) is 0 Å². The lowest BCUT2D eigenvalue weighted by molar-refractivity contribution is -0.385. The summed E-state index contributed by atoms with van der Waals surface area (Å²) in [6.07, 6.45) is 2.79. The Labute approximate surface area is 75.9 Å². The van der Waals surface area contributed by atoms with Crippen LogP contribution in [0.25, 0.3) is 0 Å². The highest BCUT2D eigenvalue weighted by atomic mass is 16.6. The summed E-state index contributed by atoms with van der Waals surface area (Å²) in [6.45, 7) is 3.91. The van der Waals surface area contributed by atoms with Gasteiger partial charge in [0.1, 0.15) is 6.20 Å². The standard InChI is InChI=1S/C8H11N3O2/c1-6(2)10-7-3-8(11(12)13)5-9-4-7/h3-6,10H,1-2H3. The molecule has 0 aliphatic heterocycles. The Morgan fingerprint density at radius 1 is 1.54 bits per heavy atom. The van der Waals surface area contributed by atoms with E-state index in [1.54, 1.807) is 6.20 Å². The van der Waals surface area contributed by atoms with E-state index in [1.165, 1.54) is 12.3 Å². The Balaban J connectivity index is 2.85. The van der Waals surface area contributed by atoms with Crippen LogP contribution in [0.15, 0.2) is 18.5 Å². The number of hydrogen-bond acceptors (Lipinski definition) is 4. The number of anilines is 1. The Morgan fingerprint density at radius 2 is 2.23 bits per heavy atom. The molecule has 0 saturated carbocycles. The van der Waals surface area contributed by atoms with Crippen molar-refractivity contribution in [1.82, 2.24) is 4.98 Å². The first-order valence-electron chi connectivity index (χ1n) is 3.95. The Bertz CT molecular complexity index is 312. The molecule has 1 rings (SSSR count). The van der Waals surface area contributed by atoms with Crippen molar-refractivity contribution in [3.05, 3.63) is 28.6 Å². The minimum absolute atomic E-state index is 0.00523. The van der Waals surface area contributed by atoms with Crippen LogP contribution in [0.3, 0.4) is 0 Å². The Morgan fingerprint density at radius 3 is 2.77 bits per heavy atom. The molecule has 0 saturated heterocycles. The second-order valence-corrected chi connectivity index (χ2v) is 2.99. The maximum Gasteiger partial charge on any atom is 0.289 e. The molecule has 0 radical (unpaired) electrons. The van der Waals surface area contributed by atoms with Crippen molar-refractivity contribution < 1.29 is 4.92 Å². The first-order valence-corrected chi connectivity index (χ1v) is 3.95. The van der Waals surface area contributed by atoms with Crippen LogP contribution in [-0.4, -0.2) is 15.9 Å². The van der Waals surface area contributed by atoms with Gasteiger partial charge in [0.15, 0.2) is 0 Å². The second kappa shape index (κ2) is 3.84. The summed E-state index contributed by atoms with van der Waals surface area (Å²) in [6, 6.07) is 1.70. The van der Waals surface area contributed by atoms with Gasteiger partial charge in [-0.2, -0.15) is 0 Å². The monoisotopic (exact) mass is 181 g/mol. The van der Waals surface area contributed by atoms with E-state index in [4.69, 9.17) is 0 Å². The van der Waals surface area contributed by atoms with Gasteiger partial charge in [0.05, 0.1) is 16.8 Å². The molecule has 0 spiro atoms. The Hall–Kier alpha value is -1.65. The molecule has 0 aromatic carbocycles. The minimum Gasteiger partial charge on any atom is -0.381 e. The van der Waals surface area contributed by atoms with Crippen molar-refractivity contribution >= 4 is 11.4 Å². The van der Waals surface area contributed by atoms with Crippen LogP contribution in [0, 0.1) is 10.1 Å². The van der Waals surface area contributed by atoms with Crippen LogP contribution in [-0.2, 0) is 0 Å². The van der Waals surface area contributed by atoms with Gasteiger partial charge in [-0.3, -0.25) is 15.1 Å². The molecule has 0 aliphatic rings. The maximum atomic E-state index is 10.4. The van der Waals surface area contributed by atoms with E-state index in [1.807, 2.05) is 13.8 Å². The van der Waals surface area contributed by atoms with Gasteiger partial charge in [0, 0.05) is 12.1 Å². The lowest BCUT2D eigenvalue weighted by atomic mass is 10.3. The van der Waals surface area contributed by atoms with Crippen molar-refractivity contribution in [2.45, 2.75) is 19.9 Å².